The Labute approximate surface area is 214 Å². The number of ketones is 1. The largest absolute Gasteiger partial charge is 0.493 e. The quantitative estimate of drug-likeness (QED) is 0.170. The Morgan fingerprint density at radius 2 is 1.39 bits per heavy atom. The third kappa shape index (κ3) is 7.80. The topological polar surface area (TPSA) is 78.9 Å². The van der Waals surface area contributed by atoms with Crippen LogP contribution in [0.5, 0.6) is 17.2 Å². The molecule has 0 aliphatic rings. The molecule has 194 valence electrons. The second-order valence-corrected chi connectivity index (χ2v) is 11.0. The number of hydrogen-bond donors (Lipinski definition) is 0. The maximum Gasteiger partial charge on any atom is 0.316 e. The lowest BCUT2D eigenvalue weighted by Gasteiger charge is -2.21. The number of carbonyl (C=O) groups is 3. The Balaban J connectivity index is 2.32. The summed E-state index contributed by atoms with van der Waals surface area (Å²) in [5.41, 5.74) is 0.740. The standard InChI is InChI=1S/C30H38O6/c1-10-34-25-18-26(36-28(33)30(7,8)9)23(19(2)3)17-21(25)13-16-24(31)20-11-14-22(15-12-20)35-27(32)29(4,5)6/h11-19H,10H2,1-9H3/b16-13+. The van der Waals surface area contributed by atoms with Crippen molar-refractivity contribution in [3.8, 4) is 17.2 Å². The van der Waals surface area contributed by atoms with Crippen molar-refractivity contribution in [1.29, 1.82) is 0 Å². The van der Waals surface area contributed by atoms with Crippen molar-refractivity contribution in [3.05, 3.63) is 59.2 Å². The van der Waals surface area contributed by atoms with Gasteiger partial charge in [0.05, 0.1) is 17.4 Å². The molecule has 0 bridgehead atoms. The highest BCUT2D eigenvalue weighted by atomic mass is 16.5. The van der Waals surface area contributed by atoms with Gasteiger partial charge in [0.15, 0.2) is 5.78 Å². The Morgan fingerprint density at radius 1 is 0.833 bits per heavy atom. The maximum atomic E-state index is 12.8. The minimum atomic E-state index is -0.647. The fourth-order valence-electron chi connectivity index (χ4n) is 3.01. The summed E-state index contributed by atoms with van der Waals surface area (Å²) < 4.78 is 16.9. The molecule has 0 spiro atoms. The van der Waals surface area contributed by atoms with Crippen molar-refractivity contribution in [2.75, 3.05) is 6.61 Å². The summed E-state index contributed by atoms with van der Waals surface area (Å²) in [5.74, 6) is 0.556. The van der Waals surface area contributed by atoms with Crippen LogP contribution in [0, 0.1) is 10.8 Å². The molecule has 0 fully saturated rings. The predicted octanol–water partition coefficient (Wildman–Crippen LogP) is 7.01. The van der Waals surface area contributed by atoms with Crippen LogP contribution in [0.15, 0.2) is 42.5 Å². The van der Waals surface area contributed by atoms with E-state index in [1.165, 1.54) is 6.08 Å². The molecule has 36 heavy (non-hydrogen) atoms. The third-order valence-electron chi connectivity index (χ3n) is 5.26. The summed E-state index contributed by atoms with van der Waals surface area (Å²) in [6.07, 6.45) is 3.17. The Morgan fingerprint density at radius 3 is 1.89 bits per heavy atom. The lowest BCUT2D eigenvalue weighted by Crippen LogP contribution is -2.26. The van der Waals surface area contributed by atoms with Crippen molar-refractivity contribution >= 4 is 23.8 Å². The highest BCUT2D eigenvalue weighted by Gasteiger charge is 2.26. The first kappa shape index (κ1) is 28.8. The van der Waals surface area contributed by atoms with Crippen LogP contribution in [0.1, 0.15) is 89.7 Å². The number of rotatable bonds is 8. The van der Waals surface area contributed by atoms with Crippen LogP contribution in [-0.2, 0) is 9.59 Å². The van der Waals surface area contributed by atoms with Gasteiger partial charge in [-0.25, -0.2) is 0 Å². The molecule has 0 aromatic heterocycles. The minimum Gasteiger partial charge on any atom is -0.493 e. The van der Waals surface area contributed by atoms with Gasteiger partial charge in [-0.15, -0.1) is 0 Å². The van der Waals surface area contributed by atoms with E-state index < -0.39 is 10.8 Å². The second-order valence-electron chi connectivity index (χ2n) is 11.0. The van der Waals surface area contributed by atoms with E-state index in [0.717, 1.165) is 5.56 Å². The number of ether oxygens (including phenoxy) is 3. The van der Waals surface area contributed by atoms with Crippen LogP contribution in [-0.4, -0.2) is 24.3 Å². The second kappa shape index (κ2) is 11.5. The molecule has 2 aromatic carbocycles. The van der Waals surface area contributed by atoms with Gasteiger partial charge < -0.3 is 14.2 Å². The molecule has 2 aromatic rings. The molecule has 0 aliphatic carbocycles. The number of allylic oxidation sites excluding steroid dienone is 1. The summed E-state index contributed by atoms with van der Waals surface area (Å²) in [6, 6.07) is 10.0. The summed E-state index contributed by atoms with van der Waals surface area (Å²) in [6.45, 7) is 17.0. The zero-order chi connectivity index (χ0) is 27.3. The van der Waals surface area contributed by atoms with Gasteiger partial charge in [-0.2, -0.15) is 0 Å². The Bertz CT molecular complexity index is 1130. The van der Waals surface area contributed by atoms with Gasteiger partial charge >= 0.3 is 11.9 Å². The maximum absolute atomic E-state index is 12.8. The van der Waals surface area contributed by atoms with E-state index in [0.29, 0.717) is 35.0 Å². The first-order valence-electron chi connectivity index (χ1n) is 12.2. The molecule has 0 saturated carbocycles. The lowest BCUT2D eigenvalue weighted by molar-refractivity contribution is -0.143. The van der Waals surface area contributed by atoms with Gasteiger partial charge in [0.25, 0.3) is 0 Å². The first-order valence-corrected chi connectivity index (χ1v) is 12.2. The van der Waals surface area contributed by atoms with Gasteiger partial charge in [-0.05, 0) is 102 Å². The van der Waals surface area contributed by atoms with E-state index in [9.17, 15) is 14.4 Å². The molecule has 0 heterocycles. The molecule has 0 aliphatic heterocycles. The Kier molecular flexibility index (Phi) is 9.25. The fraction of sp³-hybridized carbons (Fsp3) is 0.433. The first-order chi connectivity index (χ1) is 16.6. The molecule has 0 radical (unpaired) electrons. The Hall–Kier alpha value is -3.41. The molecule has 6 heteroatoms. The van der Waals surface area contributed by atoms with Crippen molar-refractivity contribution in [2.24, 2.45) is 10.8 Å². The van der Waals surface area contributed by atoms with Crippen LogP contribution >= 0.6 is 0 Å². The van der Waals surface area contributed by atoms with E-state index in [-0.39, 0.29) is 23.6 Å². The number of hydrogen-bond acceptors (Lipinski definition) is 6. The number of carbonyl (C=O) groups excluding carboxylic acids is 3. The molecule has 0 N–H and O–H groups in total. The molecule has 0 amide bonds. The number of esters is 2. The molecular weight excluding hydrogens is 456 g/mol. The van der Waals surface area contributed by atoms with E-state index in [1.807, 2.05) is 26.8 Å². The van der Waals surface area contributed by atoms with Crippen LogP contribution in [0.3, 0.4) is 0 Å². The average Bonchev–Trinajstić information content (AvgIpc) is 2.77. The van der Waals surface area contributed by atoms with Gasteiger partial charge in [-0.1, -0.05) is 13.8 Å². The van der Waals surface area contributed by atoms with E-state index in [2.05, 4.69) is 0 Å². The molecular formula is C30H38O6. The lowest BCUT2D eigenvalue weighted by atomic mass is 9.96. The van der Waals surface area contributed by atoms with Crippen LogP contribution < -0.4 is 14.2 Å². The van der Waals surface area contributed by atoms with Crippen molar-refractivity contribution in [3.63, 3.8) is 0 Å². The van der Waals surface area contributed by atoms with E-state index in [1.54, 1.807) is 78.0 Å². The van der Waals surface area contributed by atoms with Gasteiger partial charge in [0.2, 0.25) is 0 Å². The van der Waals surface area contributed by atoms with Crippen LogP contribution in [0.25, 0.3) is 6.08 Å². The molecule has 2 rings (SSSR count). The van der Waals surface area contributed by atoms with Gasteiger partial charge in [0.1, 0.15) is 17.2 Å². The summed E-state index contributed by atoms with van der Waals surface area (Å²) >= 11 is 0. The van der Waals surface area contributed by atoms with Crippen LogP contribution in [0.4, 0.5) is 0 Å². The minimum absolute atomic E-state index is 0.0784. The number of benzene rings is 2. The fourth-order valence-corrected chi connectivity index (χ4v) is 3.01. The van der Waals surface area contributed by atoms with Gasteiger partial charge in [0, 0.05) is 17.2 Å². The zero-order valence-corrected chi connectivity index (χ0v) is 22.9. The monoisotopic (exact) mass is 494 g/mol. The highest BCUT2D eigenvalue weighted by molar-refractivity contribution is 6.07. The third-order valence-corrected chi connectivity index (χ3v) is 5.26. The zero-order valence-electron chi connectivity index (χ0n) is 22.9. The highest BCUT2D eigenvalue weighted by Crippen LogP contribution is 2.36. The van der Waals surface area contributed by atoms with E-state index >= 15 is 0 Å². The van der Waals surface area contributed by atoms with Gasteiger partial charge in [-0.3, -0.25) is 14.4 Å². The van der Waals surface area contributed by atoms with Crippen LogP contribution in [0.2, 0.25) is 0 Å². The summed E-state index contributed by atoms with van der Waals surface area (Å²) in [4.78, 5) is 37.4. The molecule has 0 saturated heterocycles. The summed E-state index contributed by atoms with van der Waals surface area (Å²) in [5, 5.41) is 0. The molecule has 0 atom stereocenters. The molecule has 6 nitrogen and oxygen atoms in total. The summed E-state index contributed by atoms with van der Waals surface area (Å²) in [7, 11) is 0. The SMILES string of the molecule is CCOc1cc(OC(=O)C(C)(C)C)c(C(C)C)cc1/C=C/C(=O)c1ccc(OC(=O)C(C)(C)C)cc1. The smallest absolute Gasteiger partial charge is 0.316 e. The molecule has 0 unspecified atom stereocenters. The average molecular weight is 495 g/mol. The van der Waals surface area contributed by atoms with Crippen molar-refractivity contribution < 1.29 is 28.6 Å². The predicted molar refractivity (Wildman–Crippen MR) is 142 cm³/mol. The normalized spacial score (nSPS) is 12.1. The van der Waals surface area contributed by atoms with E-state index in [4.69, 9.17) is 14.2 Å². The van der Waals surface area contributed by atoms with Crippen molar-refractivity contribution in [1.82, 2.24) is 0 Å². The van der Waals surface area contributed by atoms with Crippen molar-refractivity contribution in [2.45, 2.75) is 68.2 Å².